The summed E-state index contributed by atoms with van der Waals surface area (Å²) in [7, 11) is 0. The lowest BCUT2D eigenvalue weighted by Gasteiger charge is -2.28. The van der Waals surface area contributed by atoms with E-state index in [1.165, 1.54) is 16.8 Å². The monoisotopic (exact) mass is 492 g/mol. The number of benzene rings is 2. The van der Waals surface area contributed by atoms with E-state index in [0.717, 1.165) is 11.1 Å². The Balaban J connectivity index is 2.16. The fourth-order valence-electron chi connectivity index (χ4n) is 4.00. The van der Waals surface area contributed by atoms with Crippen LogP contribution in [-0.2, 0) is 15.6 Å². The van der Waals surface area contributed by atoms with Crippen molar-refractivity contribution in [1.29, 1.82) is 0 Å². The minimum atomic E-state index is -0.766. The highest BCUT2D eigenvalue weighted by atomic mass is 16.6. The second kappa shape index (κ2) is 9.12. The minimum absolute atomic E-state index is 0.0514. The Morgan fingerprint density at radius 1 is 0.889 bits per heavy atom. The molecule has 0 atom stereocenters. The van der Waals surface area contributed by atoms with Gasteiger partial charge in [0, 0.05) is 23.3 Å². The predicted molar refractivity (Wildman–Crippen MR) is 143 cm³/mol. The van der Waals surface area contributed by atoms with Crippen molar-refractivity contribution >= 4 is 28.6 Å². The molecule has 0 saturated heterocycles. The van der Waals surface area contributed by atoms with Crippen LogP contribution in [0.1, 0.15) is 83.8 Å². The molecular weight excluding hydrogens is 456 g/mol. The molecule has 7 heteroatoms. The predicted octanol–water partition coefficient (Wildman–Crippen LogP) is 6.34. The van der Waals surface area contributed by atoms with Crippen LogP contribution in [0.2, 0.25) is 0 Å². The summed E-state index contributed by atoms with van der Waals surface area (Å²) in [6, 6.07) is 9.99. The molecule has 3 rings (SSSR count). The number of fused-ring (bicyclic) bond motifs is 1. The number of amides is 1. The number of phenolic OH excluding ortho intramolecular Hbond substituents is 1. The first-order valence-electron chi connectivity index (χ1n) is 12.0. The zero-order valence-electron chi connectivity index (χ0n) is 22.6. The first-order chi connectivity index (χ1) is 16.4. The van der Waals surface area contributed by atoms with Crippen LogP contribution in [-0.4, -0.2) is 27.3 Å². The van der Waals surface area contributed by atoms with E-state index in [1.807, 2.05) is 47.6 Å². The fraction of sp³-hybridized carbons (Fsp3) is 0.414. The van der Waals surface area contributed by atoms with Crippen LogP contribution < -0.4 is 10.7 Å². The van der Waals surface area contributed by atoms with E-state index in [2.05, 4.69) is 5.32 Å². The number of ether oxygens (including phenoxy) is 1. The number of aromatic hydroxyl groups is 1. The number of nitrogens with zero attached hydrogens (tertiary/aromatic N) is 1. The van der Waals surface area contributed by atoms with Crippen molar-refractivity contribution in [3.63, 3.8) is 0 Å². The quantitative estimate of drug-likeness (QED) is 0.435. The lowest BCUT2D eigenvalue weighted by Crippen LogP contribution is -2.30. The third kappa shape index (κ3) is 5.61. The number of hydrogen-bond acceptors (Lipinski definition) is 5. The average Bonchev–Trinajstić information content (AvgIpc) is 2.71. The van der Waals surface area contributed by atoms with Crippen LogP contribution >= 0.6 is 0 Å². The highest BCUT2D eigenvalue weighted by Crippen LogP contribution is 2.39. The van der Waals surface area contributed by atoms with Crippen molar-refractivity contribution in [1.82, 2.24) is 4.57 Å². The lowest BCUT2D eigenvalue weighted by atomic mass is 9.79. The van der Waals surface area contributed by atoms with Gasteiger partial charge in [-0.05, 0) is 60.9 Å². The molecule has 0 fully saturated rings. The molecule has 1 aromatic heterocycles. The van der Waals surface area contributed by atoms with Crippen LogP contribution in [0.15, 0.2) is 47.4 Å². The molecule has 36 heavy (non-hydrogen) atoms. The Labute approximate surface area is 212 Å². The van der Waals surface area contributed by atoms with Crippen molar-refractivity contribution in [2.75, 3.05) is 5.32 Å². The van der Waals surface area contributed by atoms with E-state index in [4.69, 9.17) is 4.74 Å². The number of para-hydroxylation sites is 1. The molecule has 3 aromatic rings. The summed E-state index contributed by atoms with van der Waals surface area (Å²) in [6.07, 6.45) is 0.518. The summed E-state index contributed by atoms with van der Waals surface area (Å²) in [4.78, 5) is 39.7. The Morgan fingerprint density at radius 2 is 1.47 bits per heavy atom. The molecule has 0 aliphatic heterocycles. The highest BCUT2D eigenvalue weighted by Gasteiger charge is 2.28. The molecule has 0 bridgehead atoms. The Kier molecular flexibility index (Phi) is 6.83. The average molecular weight is 493 g/mol. The van der Waals surface area contributed by atoms with Gasteiger partial charge in [-0.3, -0.25) is 14.2 Å². The molecule has 2 N–H and O–H groups in total. The molecule has 0 aliphatic rings. The third-order valence-corrected chi connectivity index (χ3v) is 5.75. The smallest absolute Gasteiger partial charge is 0.419 e. The van der Waals surface area contributed by atoms with E-state index in [9.17, 15) is 19.5 Å². The number of pyridine rings is 1. The summed E-state index contributed by atoms with van der Waals surface area (Å²) in [5.41, 5.74) is 0.148. The summed E-state index contributed by atoms with van der Waals surface area (Å²) in [6.45, 7) is 17.2. The first-order valence-corrected chi connectivity index (χ1v) is 12.0. The summed E-state index contributed by atoms with van der Waals surface area (Å²) < 4.78 is 6.69. The standard InChI is InChI=1S/C29H36N2O5/c1-27(2,3)19-14-20(28(4,5)6)23(32)15-21(19)30-25(34)18-16-31(26(35)36-29(7,8)9)22-13-11-10-12-17(22)24(18)33/h10-16,32H,1-9H3,(H,30,34). The summed E-state index contributed by atoms with van der Waals surface area (Å²) in [5, 5.41) is 13.8. The minimum Gasteiger partial charge on any atom is -0.508 e. The number of hydrogen-bond donors (Lipinski definition) is 2. The zero-order chi connectivity index (χ0) is 27.2. The molecule has 0 aliphatic carbocycles. The molecule has 192 valence electrons. The van der Waals surface area contributed by atoms with Crippen molar-refractivity contribution < 1.29 is 19.4 Å². The molecule has 1 amide bonds. The van der Waals surface area contributed by atoms with Gasteiger partial charge in [-0.2, -0.15) is 0 Å². The van der Waals surface area contributed by atoms with Gasteiger partial charge in [-0.15, -0.1) is 0 Å². The Bertz CT molecular complexity index is 1400. The van der Waals surface area contributed by atoms with Crippen molar-refractivity contribution in [3.8, 4) is 5.75 Å². The van der Waals surface area contributed by atoms with E-state index in [1.54, 1.807) is 45.0 Å². The van der Waals surface area contributed by atoms with Crippen molar-refractivity contribution in [2.45, 2.75) is 78.7 Å². The molecule has 0 spiro atoms. The molecular formula is C29H36N2O5. The van der Waals surface area contributed by atoms with Gasteiger partial charge in [0.25, 0.3) is 5.91 Å². The SMILES string of the molecule is CC(C)(C)OC(=O)n1cc(C(=O)Nc2cc(O)c(C(C)(C)C)cc2C(C)(C)C)c(=O)c2ccccc21. The van der Waals surface area contributed by atoms with E-state index < -0.39 is 23.0 Å². The van der Waals surface area contributed by atoms with Crippen LogP contribution in [0.5, 0.6) is 5.75 Å². The Morgan fingerprint density at radius 3 is 2.03 bits per heavy atom. The number of phenols is 1. The van der Waals surface area contributed by atoms with Crippen LogP contribution in [0.4, 0.5) is 10.5 Å². The number of carbonyl (C=O) groups excluding carboxylic acids is 2. The van der Waals surface area contributed by atoms with Crippen LogP contribution in [0.3, 0.4) is 0 Å². The van der Waals surface area contributed by atoms with E-state index >= 15 is 0 Å². The molecule has 7 nitrogen and oxygen atoms in total. The normalized spacial score (nSPS) is 12.5. The second-order valence-electron chi connectivity index (χ2n) is 12.1. The topological polar surface area (TPSA) is 97.6 Å². The zero-order valence-corrected chi connectivity index (χ0v) is 22.6. The second-order valence-corrected chi connectivity index (χ2v) is 12.1. The number of aromatic nitrogens is 1. The van der Waals surface area contributed by atoms with Crippen molar-refractivity contribution in [2.24, 2.45) is 0 Å². The lowest BCUT2D eigenvalue weighted by molar-refractivity contribution is 0.0543. The van der Waals surface area contributed by atoms with Crippen LogP contribution in [0, 0.1) is 0 Å². The van der Waals surface area contributed by atoms with Gasteiger partial charge in [0.2, 0.25) is 5.43 Å². The van der Waals surface area contributed by atoms with E-state index in [-0.39, 0.29) is 27.5 Å². The third-order valence-electron chi connectivity index (χ3n) is 5.75. The van der Waals surface area contributed by atoms with Gasteiger partial charge in [-0.25, -0.2) is 4.79 Å². The summed E-state index contributed by atoms with van der Waals surface area (Å²) in [5.74, 6) is -0.632. The maximum absolute atomic E-state index is 13.5. The van der Waals surface area contributed by atoms with Gasteiger partial charge in [0.1, 0.15) is 16.9 Å². The maximum Gasteiger partial charge on any atom is 0.419 e. The van der Waals surface area contributed by atoms with Crippen LogP contribution in [0.25, 0.3) is 10.9 Å². The van der Waals surface area contributed by atoms with Gasteiger partial charge >= 0.3 is 6.09 Å². The number of nitrogens with one attached hydrogen (secondary N) is 1. The van der Waals surface area contributed by atoms with Crippen molar-refractivity contribution in [3.05, 3.63) is 69.5 Å². The van der Waals surface area contributed by atoms with Gasteiger partial charge in [0.15, 0.2) is 0 Å². The summed E-state index contributed by atoms with van der Waals surface area (Å²) >= 11 is 0. The molecule has 0 saturated carbocycles. The molecule has 2 aromatic carbocycles. The van der Waals surface area contributed by atoms with Gasteiger partial charge in [-0.1, -0.05) is 53.7 Å². The first kappa shape index (κ1) is 27.0. The molecule has 1 heterocycles. The number of rotatable bonds is 2. The molecule has 0 radical (unpaired) electrons. The van der Waals surface area contributed by atoms with E-state index in [0.29, 0.717) is 11.2 Å². The number of anilines is 1. The maximum atomic E-state index is 13.5. The molecule has 0 unspecified atom stereocenters. The van der Waals surface area contributed by atoms with Gasteiger partial charge < -0.3 is 15.2 Å². The largest absolute Gasteiger partial charge is 0.508 e. The fourth-order valence-corrected chi connectivity index (χ4v) is 4.00. The number of carbonyl (C=O) groups is 2. The highest BCUT2D eigenvalue weighted by molar-refractivity contribution is 6.07. The Hall–Kier alpha value is -3.61. The van der Waals surface area contributed by atoms with Gasteiger partial charge in [0.05, 0.1) is 5.52 Å².